The number of rotatable bonds is 6. The lowest BCUT2D eigenvalue weighted by Crippen LogP contribution is -2.29. The Kier molecular flexibility index (Phi) is 6.25. The second-order valence-corrected chi connectivity index (χ2v) is 5.84. The lowest BCUT2D eigenvalue weighted by molar-refractivity contribution is -0.0328. The van der Waals surface area contributed by atoms with Gasteiger partial charge < -0.3 is 10.6 Å². The molecular formula is C16H13F3N4OS. The molecule has 0 saturated heterocycles. The fourth-order valence-electron chi connectivity index (χ4n) is 1.96. The lowest BCUT2D eigenvalue weighted by Gasteiger charge is -2.12. The van der Waals surface area contributed by atoms with Gasteiger partial charge in [0.2, 0.25) is 0 Å². The smallest absolute Gasteiger partial charge is 0.367 e. The van der Waals surface area contributed by atoms with E-state index in [-0.39, 0.29) is 35.3 Å². The summed E-state index contributed by atoms with van der Waals surface area (Å²) in [4.78, 5) is 15.9. The number of carbonyl (C=O) groups is 1. The first-order chi connectivity index (χ1) is 11.9. The highest BCUT2D eigenvalue weighted by Crippen LogP contribution is 2.38. The summed E-state index contributed by atoms with van der Waals surface area (Å²) in [6.45, 7) is 0.428. The number of thioether (sulfide) groups is 1. The zero-order chi connectivity index (χ0) is 18.3. The molecule has 1 heterocycles. The monoisotopic (exact) mass is 366 g/mol. The minimum absolute atomic E-state index is 0.0413. The SMILES string of the molecule is N#Cc1cccnc1NCCNC(=O)c1ccccc1SC(F)(F)F. The normalized spacial score (nSPS) is 10.8. The van der Waals surface area contributed by atoms with E-state index in [4.69, 9.17) is 5.26 Å². The first-order valence-electron chi connectivity index (χ1n) is 7.12. The molecule has 0 aliphatic rings. The van der Waals surface area contributed by atoms with Crippen molar-refractivity contribution in [3.8, 4) is 6.07 Å². The van der Waals surface area contributed by atoms with Crippen LogP contribution in [0.1, 0.15) is 15.9 Å². The predicted molar refractivity (Wildman–Crippen MR) is 88.1 cm³/mol. The number of hydrogen-bond donors (Lipinski definition) is 2. The standard InChI is InChI=1S/C16H13F3N4OS/c17-16(18,19)25-13-6-2-1-5-12(13)15(24)23-9-8-22-14-11(10-20)4-3-7-21-14/h1-7H,8-9H2,(H,21,22)(H,23,24). The summed E-state index contributed by atoms with van der Waals surface area (Å²) in [5.41, 5.74) is -4.15. The van der Waals surface area contributed by atoms with Crippen LogP contribution in [-0.4, -0.2) is 29.5 Å². The zero-order valence-corrected chi connectivity index (χ0v) is 13.6. The second kappa shape index (κ2) is 8.39. The van der Waals surface area contributed by atoms with Gasteiger partial charge in [-0.05, 0) is 36.0 Å². The van der Waals surface area contributed by atoms with E-state index in [1.807, 2.05) is 6.07 Å². The molecule has 1 amide bonds. The number of nitriles is 1. The molecule has 0 atom stereocenters. The van der Waals surface area contributed by atoms with Crippen LogP contribution in [0.25, 0.3) is 0 Å². The van der Waals surface area contributed by atoms with E-state index in [0.29, 0.717) is 11.4 Å². The van der Waals surface area contributed by atoms with Gasteiger partial charge in [0.05, 0.1) is 11.1 Å². The number of anilines is 1. The molecule has 130 valence electrons. The number of pyridine rings is 1. The van der Waals surface area contributed by atoms with Crippen molar-refractivity contribution in [2.75, 3.05) is 18.4 Å². The van der Waals surface area contributed by atoms with Gasteiger partial charge in [0.1, 0.15) is 11.9 Å². The molecule has 25 heavy (non-hydrogen) atoms. The van der Waals surface area contributed by atoms with E-state index in [2.05, 4.69) is 15.6 Å². The average Bonchev–Trinajstić information content (AvgIpc) is 2.58. The van der Waals surface area contributed by atoms with Gasteiger partial charge in [0.25, 0.3) is 5.91 Å². The molecule has 0 radical (unpaired) electrons. The number of aromatic nitrogens is 1. The Labute approximate surface area is 146 Å². The summed E-state index contributed by atoms with van der Waals surface area (Å²) in [5, 5.41) is 14.4. The number of benzene rings is 1. The molecule has 2 N–H and O–H groups in total. The third kappa shape index (κ3) is 5.69. The van der Waals surface area contributed by atoms with Gasteiger partial charge in [-0.15, -0.1) is 0 Å². The van der Waals surface area contributed by atoms with Crippen molar-refractivity contribution >= 4 is 23.5 Å². The summed E-state index contributed by atoms with van der Waals surface area (Å²) in [7, 11) is 0. The summed E-state index contributed by atoms with van der Waals surface area (Å²) in [6.07, 6.45) is 1.52. The molecular weight excluding hydrogens is 353 g/mol. The van der Waals surface area contributed by atoms with E-state index in [1.165, 1.54) is 30.5 Å². The van der Waals surface area contributed by atoms with Gasteiger partial charge in [0.15, 0.2) is 0 Å². The first kappa shape index (κ1) is 18.6. The van der Waals surface area contributed by atoms with Crippen LogP contribution >= 0.6 is 11.8 Å². The van der Waals surface area contributed by atoms with Crippen molar-refractivity contribution in [2.24, 2.45) is 0 Å². The van der Waals surface area contributed by atoms with Crippen LogP contribution in [0.2, 0.25) is 0 Å². The van der Waals surface area contributed by atoms with Gasteiger partial charge in [0, 0.05) is 24.2 Å². The van der Waals surface area contributed by atoms with E-state index >= 15 is 0 Å². The van der Waals surface area contributed by atoms with E-state index in [9.17, 15) is 18.0 Å². The average molecular weight is 366 g/mol. The zero-order valence-electron chi connectivity index (χ0n) is 12.8. The minimum atomic E-state index is -4.47. The fourth-order valence-corrected chi connectivity index (χ4v) is 2.62. The maximum Gasteiger partial charge on any atom is 0.446 e. The summed E-state index contributed by atoms with van der Waals surface area (Å²) >= 11 is -0.326. The largest absolute Gasteiger partial charge is 0.446 e. The summed E-state index contributed by atoms with van der Waals surface area (Å²) in [6, 6.07) is 10.7. The number of nitrogens with one attached hydrogen (secondary N) is 2. The van der Waals surface area contributed by atoms with Gasteiger partial charge in [-0.25, -0.2) is 4.98 Å². The fraction of sp³-hybridized carbons (Fsp3) is 0.188. The Balaban J connectivity index is 1.92. The summed E-state index contributed by atoms with van der Waals surface area (Å²) < 4.78 is 37.6. The molecule has 0 aliphatic heterocycles. The number of halogens is 3. The van der Waals surface area contributed by atoms with Crippen LogP contribution in [0.15, 0.2) is 47.5 Å². The molecule has 0 bridgehead atoms. The van der Waals surface area contributed by atoms with Gasteiger partial charge in [-0.1, -0.05) is 12.1 Å². The van der Waals surface area contributed by atoms with Crippen LogP contribution < -0.4 is 10.6 Å². The van der Waals surface area contributed by atoms with Crippen LogP contribution in [0, 0.1) is 11.3 Å². The molecule has 0 fully saturated rings. The molecule has 2 aromatic rings. The van der Waals surface area contributed by atoms with Crippen LogP contribution in [0.3, 0.4) is 0 Å². The molecule has 5 nitrogen and oxygen atoms in total. The molecule has 0 saturated carbocycles. The minimum Gasteiger partial charge on any atom is -0.367 e. The maximum absolute atomic E-state index is 12.5. The van der Waals surface area contributed by atoms with Crippen molar-refractivity contribution in [3.63, 3.8) is 0 Å². The van der Waals surface area contributed by atoms with Crippen molar-refractivity contribution in [1.29, 1.82) is 5.26 Å². The second-order valence-electron chi connectivity index (χ2n) is 4.74. The maximum atomic E-state index is 12.5. The molecule has 1 aromatic heterocycles. The van der Waals surface area contributed by atoms with Crippen LogP contribution in [0.5, 0.6) is 0 Å². The Morgan fingerprint density at radius 2 is 1.96 bits per heavy atom. The number of carbonyl (C=O) groups excluding carboxylic acids is 1. The third-order valence-electron chi connectivity index (χ3n) is 2.99. The molecule has 0 aliphatic carbocycles. The first-order valence-corrected chi connectivity index (χ1v) is 7.94. The van der Waals surface area contributed by atoms with Crippen LogP contribution in [-0.2, 0) is 0 Å². The van der Waals surface area contributed by atoms with E-state index in [0.717, 1.165) is 0 Å². The highest BCUT2D eigenvalue weighted by atomic mass is 32.2. The van der Waals surface area contributed by atoms with Crippen molar-refractivity contribution in [3.05, 3.63) is 53.7 Å². The number of nitrogens with zero attached hydrogens (tertiary/aromatic N) is 2. The highest BCUT2D eigenvalue weighted by Gasteiger charge is 2.31. The van der Waals surface area contributed by atoms with Gasteiger partial charge in [-0.3, -0.25) is 4.79 Å². The van der Waals surface area contributed by atoms with Gasteiger partial charge in [-0.2, -0.15) is 18.4 Å². The highest BCUT2D eigenvalue weighted by molar-refractivity contribution is 8.00. The Bertz CT molecular complexity index is 789. The molecule has 1 aromatic carbocycles. The van der Waals surface area contributed by atoms with Gasteiger partial charge >= 0.3 is 5.51 Å². The number of alkyl halides is 3. The Morgan fingerprint density at radius 1 is 1.20 bits per heavy atom. The molecule has 0 spiro atoms. The van der Waals surface area contributed by atoms with Crippen molar-refractivity contribution in [2.45, 2.75) is 10.4 Å². The van der Waals surface area contributed by atoms with E-state index < -0.39 is 11.4 Å². The van der Waals surface area contributed by atoms with E-state index in [1.54, 1.807) is 12.1 Å². The molecule has 0 unspecified atom stereocenters. The molecule has 9 heteroatoms. The Hall–Kier alpha value is -2.73. The topological polar surface area (TPSA) is 77.8 Å². The summed E-state index contributed by atoms with van der Waals surface area (Å²) in [5.74, 6) is -0.219. The third-order valence-corrected chi connectivity index (χ3v) is 3.80. The number of hydrogen-bond acceptors (Lipinski definition) is 5. The predicted octanol–water partition coefficient (Wildman–Crippen LogP) is 3.41. The lowest BCUT2D eigenvalue weighted by atomic mass is 10.2. The quantitative estimate of drug-likeness (QED) is 0.605. The van der Waals surface area contributed by atoms with Crippen LogP contribution in [0.4, 0.5) is 19.0 Å². The van der Waals surface area contributed by atoms with Crippen molar-refractivity contribution in [1.82, 2.24) is 10.3 Å². The molecule has 2 rings (SSSR count). The number of amides is 1. The van der Waals surface area contributed by atoms with Crippen molar-refractivity contribution < 1.29 is 18.0 Å². The Morgan fingerprint density at radius 3 is 2.68 bits per heavy atom.